The summed E-state index contributed by atoms with van der Waals surface area (Å²) in [5.41, 5.74) is 5.20. The Morgan fingerprint density at radius 1 is 0.852 bits per heavy atom. The molecule has 0 unspecified atom stereocenters. The highest BCUT2D eigenvalue weighted by molar-refractivity contribution is 7.12. The average Bonchev–Trinajstić information content (AvgIpc) is 3.19. The van der Waals surface area contributed by atoms with Crippen molar-refractivity contribution in [3.8, 4) is 22.8 Å². The molecule has 0 saturated heterocycles. The van der Waals surface area contributed by atoms with Crippen LogP contribution in [0.4, 0.5) is 0 Å². The van der Waals surface area contributed by atoms with Crippen LogP contribution < -0.4 is 4.74 Å². The Hall–Kier alpha value is -3.24. The largest absolute Gasteiger partial charge is 0.457 e. The number of hydrogen-bond donors (Lipinski definition) is 0. The summed E-state index contributed by atoms with van der Waals surface area (Å²) in [5, 5.41) is 0. The quantitative estimate of drug-likeness (QED) is 0.395. The molecule has 27 heavy (non-hydrogen) atoms. The SMILES string of the molecule is Cc1ccc(-c2ncsc2C(=O)c2ccc(Oc3ccccc3)cc2)cc1. The molecule has 132 valence electrons. The van der Waals surface area contributed by atoms with Gasteiger partial charge < -0.3 is 4.74 Å². The first-order valence-corrected chi connectivity index (χ1v) is 9.47. The summed E-state index contributed by atoms with van der Waals surface area (Å²) in [5.74, 6) is 1.43. The number of thiazole rings is 1. The fourth-order valence-corrected chi connectivity index (χ4v) is 3.52. The van der Waals surface area contributed by atoms with Crippen LogP contribution in [0.25, 0.3) is 11.3 Å². The number of hydrogen-bond acceptors (Lipinski definition) is 4. The van der Waals surface area contributed by atoms with Gasteiger partial charge in [0.1, 0.15) is 16.4 Å². The average molecular weight is 371 g/mol. The molecule has 0 bridgehead atoms. The van der Waals surface area contributed by atoms with Gasteiger partial charge >= 0.3 is 0 Å². The lowest BCUT2D eigenvalue weighted by Gasteiger charge is -2.07. The number of rotatable bonds is 5. The molecule has 1 aromatic heterocycles. The Bertz CT molecular complexity index is 1050. The van der Waals surface area contributed by atoms with Crippen molar-refractivity contribution in [1.29, 1.82) is 0 Å². The number of ketones is 1. The first-order chi connectivity index (χ1) is 13.2. The molecule has 1 heterocycles. The molecule has 0 fully saturated rings. The maximum Gasteiger partial charge on any atom is 0.205 e. The fraction of sp³-hybridized carbons (Fsp3) is 0.0435. The summed E-state index contributed by atoms with van der Waals surface area (Å²) in [7, 11) is 0. The van der Waals surface area contributed by atoms with Gasteiger partial charge in [0.05, 0.1) is 11.2 Å². The molecule has 3 nitrogen and oxygen atoms in total. The molecular weight excluding hydrogens is 354 g/mol. The fourth-order valence-electron chi connectivity index (χ4n) is 2.75. The summed E-state index contributed by atoms with van der Waals surface area (Å²) in [6, 6.07) is 24.8. The van der Waals surface area contributed by atoms with E-state index in [-0.39, 0.29) is 5.78 Å². The van der Waals surface area contributed by atoms with Crippen molar-refractivity contribution in [1.82, 2.24) is 4.98 Å². The van der Waals surface area contributed by atoms with Gasteiger partial charge in [-0.05, 0) is 43.3 Å². The minimum absolute atomic E-state index is 0.0284. The molecule has 0 aliphatic heterocycles. The number of aromatic nitrogens is 1. The lowest BCUT2D eigenvalue weighted by molar-refractivity contribution is 0.104. The molecule has 4 rings (SSSR count). The van der Waals surface area contributed by atoms with Crippen molar-refractivity contribution < 1.29 is 9.53 Å². The van der Waals surface area contributed by atoms with E-state index in [9.17, 15) is 4.79 Å². The molecule has 0 radical (unpaired) electrons. The normalized spacial score (nSPS) is 10.6. The van der Waals surface area contributed by atoms with E-state index in [2.05, 4.69) is 4.98 Å². The van der Waals surface area contributed by atoms with Gasteiger partial charge in [0, 0.05) is 11.1 Å². The van der Waals surface area contributed by atoms with Crippen LogP contribution in [0, 0.1) is 6.92 Å². The van der Waals surface area contributed by atoms with Gasteiger partial charge in [0.15, 0.2) is 0 Å². The lowest BCUT2D eigenvalue weighted by Crippen LogP contribution is -2.01. The Balaban J connectivity index is 1.57. The van der Waals surface area contributed by atoms with Crippen LogP contribution in [-0.2, 0) is 0 Å². The van der Waals surface area contributed by atoms with Crippen LogP contribution in [-0.4, -0.2) is 10.8 Å². The number of carbonyl (C=O) groups excluding carboxylic acids is 1. The minimum Gasteiger partial charge on any atom is -0.457 e. The standard InChI is InChI=1S/C23H17NO2S/c1-16-7-9-17(10-8-16)21-23(27-15-24-21)22(25)18-11-13-20(14-12-18)26-19-5-3-2-4-6-19/h2-15H,1H3. The van der Waals surface area contributed by atoms with Crippen molar-refractivity contribution >= 4 is 17.1 Å². The summed E-state index contributed by atoms with van der Waals surface area (Å²) in [6.07, 6.45) is 0. The number of para-hydroxylation sites is 1. The second-order valence-electron chi connectivity index (χ2n) is 6.16. The van der Waals surface area contributed by atoms with Crippen LogP contribution in [0.3, 0.4) is 0 Å². The number of carbonyl (C=O) groups is 1. The van der Waals surface area contributed by atoms with E-state index < -0.39 is 0 Å². The highest BCUT2D eigenvalue weighted by Gasteiger charge is 2.18. The van der Waals surface area contributed by atoms with Gasteiger partial charge in [-0.25, -0.2) is 4.98 Å². The lowest BCUT2D eigenvalue weighted by atomic mass is 10.0. The molecule has 0 spiro atoms. The molecular formula is C23H17NO2S. The maximum atomic E-state index is 13.0. The van der Waals surface area contributed by atoms with Gasteiger partial charge in [-0.3, -0.25) is 4.79 Å². The highest BCUT2D eigenvalue weighted by atomic mass is 32.1. The van der Waals surface area contributed by atoms with Gasteiger partial charge in [-0.15, -0.1) is 11.3 Å². The second-order valence-corrected chi connectivity index (χ2v) is 7.02. The molecule has 0 N–H and O–H groups in total. The van der Waals surface area contributed by atoms with Crippen molar-refractivity contribution in [2.45, 2.75) is 6.92 Å². The van der Waals surface area contributed by atoms with Crippen LogP contribution in [0.5, 0.6) is 11.5 Å². The molecule has 3 aromatic carbocycles. The molecule has 0 atom stereocenters. The summed E-state index contributed by atoms with van der Waals surface area (Å²) in [6.45, 7) is 2.04. The Kier molecular flexibility index (Phi) is 4.81. The Morgan fingerprint density at radius 3 is 2.22 bits per heavy atom. The van der Waals surface area contributed by atoms with Crippen LogP contribution in [0.1, 0.15) is 20.8 Å². The zero-order valence-electron chi connectivity index (χ0n) is 14.8. The topological polar surface area (TPSA) is 39.2 Å². The zero-order chi connectivity index (χ0) is 18.6. The predicted molar refractivity (Wildman–Crippen MR) is 109 cm³/mol. The predicted octanol–water partition coefficient (Wildman–Crippen LogP) is 6.14. The molecule has 0 aliphatic rings. The van der Waals surface area contributed by atoms with E-state index in [0.717, 1.165) is 17.0 Å². The van der Waals surface area contributed by atoms with Crippen molar-refractivity contribution in [3.63, 3.8) is 0 Å². The minimum atomic E-state index is -0.0284. The third-order valence-corrected chi connectivity index (χ3v) is 5.02. The van der Waals surface area contributed by atoms with Crippen molar-refractivity contribution in [2.24, 2.45) is 0 Å². The maximum absolute atomic E-state index is 13.0. The Morgan fingerprint density at radius 2 is 1.52 bits per heavy atom. The highest BCUT2D eigenvalue weighted by Crippen LogP contribution is 2.29. The zero-order valence-corrected chi connectivity index (χ0v) is 15.6. The molecule has 4 heteroatoms. The van der Waals surface area contributed by atoms with Crippen LogP contribution >= 0.6 is 11.3 Å². The molecule has 4 aromatic rings. The Labute approximate surface area is 161 Å². The molecule has 0 aliphatic carbocycles. The first kappa shape index (κ1) is 17.2. The summed E-state index contributed by atoms with van der Waals surface area (Å²) >= 11 is 1.37. The number of benzene rings is 3. The third-order valence-electron chi connectivity index (χ3n) is 4.19. The smallest absolute Gasteiger partial charge is 0.205 e. The number of aryl methyl sites for hydroxylation is 1. The van der Waals surface area contributed by atoms with Gasteiger partial charge in [0.25, 0.3) is 0 Å². The van der Waals surface area contributed by atoms with E-state index >= 15 is 0 Å². The molecule has 0 amide bonds. The third kappa shape index (κ3) is 3.81. The van der Waals surface area contributed by atoms with Gasteiger partial charge in [-0.2, -0.15) is 0 Å². The van der Waals surface area contributed by atoms with E-state index in [1.54, 1.807) is 17.6 Å². The van der Waals surface area contributed by atoms with Gasteiger partial charge in [0.2, 0.25) is 5.78 Å². The van der Waals surface area contributed by atoms with Crippen molar-refractivity contribution in [3.05, 3.63) is 100 Å². The van der Waals surface area contributed by atoms with Crippen LogP contribution in [0.2, 0.25) is 0 Å². The number of nitrogens with zero attached hydrogens (tertiary/aromatic N) is 1. The molecule has 0 saturated carbocycles. The van der Waals surface area contributed by atoms with Gasteiger partial charge in [-0.1, -0.05) is 48.0 Å². The van der Waals surface area contributed by atoms with E-state index in [0.29, 0.717) is 16.2 Å². The second kappa shape index (κ2) is 7.56. The van der Waals surface area contributed by atoms with E-state index in [4.69, 9.17) is 4.74 Å². The van der Waals surface area contributed by atoms with Crippen molar-refractivity contribution in [2.75, 3.05) is 0 Å². The van der Waals surface area contributed by atoms with E-state index in [1.165, 1.54) is 16.9 Å². The first-order valence-electron chi connectivity index (χ1n) is 8.59. The van der Waals surface area contributed by atoms with Crippen LogP contribution in [0.15, 0.2) is 84.4 Å². The summed E-state index contributed by atoms with van der Waals surface area (Å²) in [4.78, 5) is 18.0. The summed E-state index contributed by atoms with van der Waals surface area (Å²) < 4.78 is 5.79. The number of ether oxygens (including phenoxy) is 1. The van der Waals surface area contributed by atoms with E-state index in [1.807, 2.05) is 73.7 Å². The monoisotopic (exact) mass is 371 g/mol.